The number of amides is 2. The number of fused-ring (bicyclic) bond motifs is 1. The highest BCUT2D eigenvalue weighted by Crippen LogP contribution is 2.32. The third kappa shape index (κ3) is 3.53. The Labute approximate surface area is 186 Å². The van der Waals surface area contributed by atoms with E-state index in [9.17, 15) is 14.9 Å². The van der Waals surface area contributed by atoms with E-state index < -0.39 is 5.54 Å². The van der Waals surface area contributed by atoms with Gasteiger partial charge in [0.05, 0.1) is 11.1 Å². The quantitative estimate of drug-likeness (QED) is 0.585. The van der Waals surface area contributed by atoms with Gasteiger partial charge in [0, 0.05) is 48.8 Å². The maximum atomic E-state index is 13.1. The first-order chi connectivity index (χ1) is 15.6. The largest absolute Gasteiger partial charge is 0.360 e. The molecule has 162 valence electrons. The lowest BCUT2D eigenvalue weighted by atomic mass is 9.76. The second-order valence-corrected chi connectivity index (χ2v) is 8.56. The summed E-state index contributed by atoms with van der Waals surface area (Å²) in [4.78, 5) is 30.5. The molecule has 3 aromatic rings. The molecule has 0 bridgehead atoms. The molecule has 1 aliphatic heterocycles. The molecule has 7 nitrogen and oxygen atoms in total. The Morgan fingerprint density at radius 1 is 1.03 bits per heavy atom. The van der Waals surface area contributed by atoms with Crippen LogP contribution in [0.1, 0.15) is 35.2 Å². The summed E-state index contributed by atoms with van der Waals surface area (Å²) in [6.45, 7) is 2.13. The topological polar surface area (TPSA) is 101 Å². The summed E-state index contributed by atoms with van der Waals surface area (Å²) in [6, 6.07) is 15.7. The van der Waals surface area contributed by atoms with E-state index in [4.69, 9.17) is 0 Å². The lowest BCUT2D eigenvalue weighted by Crippen LogP contribution is -2.61. The smallest absolute Gasteiger partial charge is 0.253 e. The molecule has 0 radical (unpaired) electrons. The molecule has 1 spiro atoms. The van der Waals surface area contributed by atoms with Crippen molar-refractivity contribution >= 4 is 22.7 Å². The van der Waals surface area contributed by atoms with Crippen LogP contribution in [0, 0.1) is 11.3 Å². The number of nitriles is 1. The number of hydrogen-bond donors (Lipinski definition) is 3. The fraction of sp³-hybridized carbons (Fsp3) is 0.320. The van der Waals surface area contributed by atoms with E-state index in [2.05, 4.69) is 21.7 Å². The van der Waals surface area contributed by atoms with Crippen molar-refractivity contribution in [3.05, 3.63) is 59.8 Å². The zero-order valence-corrected chi connectivity index (χ0v) is 17.8. The standard InChI is InChI=1S/C25H25N5O2/c26-15-20-16-28-22-7-6-19(14-21(20)22)17-2-4-18(5-3-17)23(31)30-12-10-27-24(32)25(8-1-9-25)29-11-13-30/h2-7,14,16,28-29H,1,8-13H2,(H,27,32). The van der Waals surface area contributed by atoms with Gasteiger partial charge in [0.25, 0.3) is 5.91 Å². The Morgan fingerprint density at radius 3 is 2.50 bits per heavy atom. The molecule has 0 unspecified atom stereocenters. The van der Waals surface area contributed by atoms with Crippen molar-refractivity contribution in [3.8, 4) is 17.2 Å². The number of H-pyrrole nitrogens is 1. The van der Waals surface area contributed by atoms with Crippen LogP contribution in [0.2, 0.25) is 0 Å². The van der Waals surface area contributed by atoms with E-state index in [1.54, 1.807) is 11.1 Å². The minimum Gasteiger partial charge on any atom is -0.360 e. The summed E-state index contributed by atoms with van der Waals surface area (Å²) in [6.07, 6.45) is 4.49. The van der Waals surface area contributed by atoms with Gasteiger partial charge in [-0.2, -0.15) is 5.26 Å². The van der Waals surface area contributed by atoms with Crippen LogP contribution in [-0.2, 0) is 4.79 Å². The highest BCUT2D eigenvalue weighted by molar-refractivity contribution is 5.95. The maximum Gasteiger partial charge on any atom is 0.253 e. The number of aromatic amines is 1. The molecule has 2 aromatic carbocycles. The molecule has 5 rings (SSSR count). The highest BCUT2D eigenvalue weighted by Gasteiger charge is 2.43. The van der Waals surface area contributed by atoms with Gasteiger partial charge in [-0.15, -0.1) is 0 Å². The van der Waals surface area contributed by atoms with Crippen LogP contribution in [0.4, 0.5) is 0 Å². The molecule has 1 saturated carbocycles. The van der Waals surface area contributed by atoms with Crippen LogP contribution in [0.5, 0.6) is 0 Å². The average Bonchev–Trinajstić information content (AvgIpc) is 3.24. The van der Waals surface area contributed by atoms with E-state index in [1.807, 2.05) is 42.5 Å². The van der Waals surface area contributed by atoms with Crippen molar-refractivity contribution in [3.63, 3.8) is 0 Å². The molecule has 7 heteroatoms. The van der Waals surface area contributed by atoms with Gasteiger partial charge in [-0.25, -0.2) is 0 Å². The number of nitrogens with zero attached hydrogens (tertiary/aromatic N) is 2. The maximum absolute atomic E-state index is 13.1. The molecule has 2 amide bonds. The third-order valence-corrected chi connectivity index (χ3v) is 6.71. The summed E-state index contributed by atoms with van der Waals surface area (Å²) in [5.41, 5.74) is 3.71. The van der Waals surface area contributed by atoms with Gasteiger partial charge in [0.2, 0.25) is 5.91 Å². The second kappa shape index (κ2) is 8.13. The third-order valence-electron chi connectivity index (χ3n) is 6.71. The SMILES string of the molecule is N#Cc1c[nH]c2ccc(-c3ccc(C(=O)N4CCNC(=O)C5(CCC5)NCC4)cc3)cc12. The fourth-order valence-corrected chi connectivity index (χ4v) is 4.61. The van der Waals surface area contributed by atoms with Gasteiger partial charge in [-0.3, -0.25) is 9.59 Å². The summed E-state index contributed by atoms with van der Waals surface area (Å²) in [5, 5.41) is 16.5. The minimum atomic E-state index is -0.438. The van der Waals surface area contributed by atoms with E-state index in [1.165, 1.54) is 0 Å². The van der Waals surface area contributed by atoms with Crippen LogP contribution in [0.3, 0.4) is 0 Å². The summed E-state index contributed by atoms with van der Waals surface area (Å²) in [7, 11) is 0. The van der Waals surface area contributed by atoms with Crippen LogP contribution < -0.4 is 10.6 Å². The van der Waals surface area contributed by atoms with Crippen molar-refractivity contribution in [2.24, 2.45) is 0 Å². The monoisotopic (exact) mass is 427 g/mol. The molecule has 1 aromatic heterocycles. The zero-order valence-electron chi connectivity index (χ0n) is 17.8. The van der Waals surface area contributed by atoms with Gasteiger partial charge in [0.1, 0.15) is 6.07 Å². The van der Waals surface area contributed by atoms with Gasteiger partial charge in [-0.1, -0.05) is 18.2 Å². The first-order valence-corrected chi connectivity index (χ1v) is 11.0. The second-order valence-electron chi connectivity index (χ2n) is 8.56. The Morgan fingerprint density at radius 2 is 1.78 bits per heavy atom. The molecule has 2 fully saturated rings. The van der Waals surface area contributed by atoms with Crippen molar-refractivity contribution in [2.45, 2.75) is 24.8 Å². The number of carbonyl (C=O) groups is 2. The number of benzene rings is 2. The van der Waals surface area contributed by atoms with E-state index in [0.717, 1.165) is 41.3 Å². The predicted octanol–water partition coefficient (Wildman–Crippen LogP) is 2.79. The summed E-state index contributed by atoms with van der Waals surface area (Å²) in [5.74, 6) is 0.0198. The lowest BCUT2D eigenvalue weighted by molar-refractivity contribution is -0.130. The van der Waals surface area contributed by atoms with Crippen molar-refractivity contribution in [1.82, 2.24) is 20.5 Å². The number of carbonyl (C=O) groups excluding carboxylic acids is 2. The fourth-order valence-electron chi connectivity index (χ4n) is 4.61. The Hall–Kier alpha value is -3.63. The zero-order chi connectivity index (χ0) is 22.1. The Bertz CT molecular complexity index is 1220. The van der Waals surface area contributed by atoms with E-state index in [0.29, 0.717) is 37.3 Å². The molecule has 2 heterocycles. The van der Waals surface area contributed by atoms with E-state index in [-0.39, 0.29) is 11.8 Å². The Balaban J connectivity index is 1.32. The minimum absolute atomic E-state index is 0.0370. The number of nitrogens with one attached hydrogen (secondary N) is 3. The van der Waals surface area contributed by atoms with Gasteiger partial charge >= 0.3 is 0 Å². The normalized spacial score (nSPS) is 18.2. The average molecular weight is 428 g/mol. The molecule has 0 atom stereocenters. The van der Waals surface area contributed by atoms with Gasteiger partial charge in [-0.05, 0) is 54.7 Å². The predicted molar refractivity (Wildman–Crippen MR) is 122 cm³/mol. The summed E-state index contributed by atoms with van der Waals surface area (Å²) < 4.78 is 0. The van der Waals surface area contributed by atoms with Gasteiger partial charge in [0.15, 0.2) is 0 Å². The molecule has 3 N–H and O–H groups in total. The van der Waals surface area contributed by atoms with E-state index >= 15 is 0 Å². The van der Waals surface area contributed by atoms with Crippen LogP contribution in [0.15, 0.2) is 48.7 Å². The van der Waals surface area contributed by atoms with Crippen molar-refractivity contribution < 1.29 is 9.59 Å². The molecule has 1 aliphatic carbocycles. The number of aromatic nitrogens is 1. The molecular formula is C25H25N5O2. The van der Waals surface area contributed by atoms with Crippen LogP contribution in [-0.4, -0.2) is 53.4 Å². The highest BCUT2D eigenvalue weighted by atomic mass is 16.2. The first-order valence-electron chi connectivity index (χ1n) is 11.0. The number of rotatable bonds is 2. The first kappa shape index (κ1) is 20.3. The van der Waals surface area contributed by atoms with Gasteiger partial charge < -0.3 is 20.5 Å². The molecule has 32 heavy (non-hydrogen) atoms. The van der Waals surface area contributed by atoms with Crippen LogP contribution in [0.25, 0.3) is 22.0 Å². The number of hydrogen-bond acceptors (Lipinski definition) is 4. The van der Waals surface area contributed by atoms with Crippen LogP contribution >= 0.6 is 0 Å². The van der Waals surface area contributed by atoms with Crippen molar-refractivity contribution in [2.75, 3.05) is 26.2 Å². The molecule has 2 aliphatic rings. The molecular weight excluding hydrogens is 402 g/mol. The van der Waals surface area contributed by atoms with Crippen molar-refractivity contribution in [1.29, 1.82) is 5.26 Å². The Kier molecular flexibility index (Phi) is 5.16. The summed E-state index contributed by atoms with van der Waals surface area (Å²) >= 11 is 0. The molecule has 1 saturated heterocycles. The lowest BCUT2D eigenvalue weighted by Gasteiger charge is -2.40.